The predicted octanol–water partition coefficient (Wildman–Crippen LogP) is 3.44. The third-order valence-electron chi connectivity index (χ3n) is 3.72. The van der Waals surface area contributed by atoms with Crippen molar-refractivity contribution >= 4 is 6.29 Å². The standard InChI is InChI=1S/C15H21NO/c1-13(16-9-4-2-3-5-10-16)15-8-6-7-14(11-15)12-17/h6-8,11-13H,2-5,9-10H2,1H3. The molecular formula is C15H21NO. The minimum absolute atomic E-state index is 0.424. The molecule has 92 valence electrons. The molecule has 0 saturated carbocycles. The largest absolute Gasteiger partial charge is 0.298 e. The zero-order chi connectivity index (χ0) is 12.1. The van der Waals surface area contributed by atoms with Crippen molar-refractivity contribution in [2.24, 2.45) is 0 Å². The Bertz CT molecular complexity index is 367. The lowest BCUT2D eigenvalue weighted by Crippen LogP contribution is -2.27. The van der Waals surface area contributed by atoms with E-state index in [-0.39, 0.29) is 0 Å². The first-order chi connectivity index (χ1) is 8.31. The van der Waals surface area contributed by atoms with Gasteiger partial charge in [-0.05, 0) is 44.5 Å². The zero-order valence-corrected chi connectivity index (χ0v) is 10.6. The average Bonchev–Trinajstić information content (AvgIpc) is 2.67. The molecule has 0 bridgehead atoms. The highest BCUT2D eigenvalue weighted by Gasteiger charge is 2.17. The van der Waals surface area contributed by atoms with E-state index in [1.807, 2.05) is 18.2 Å². The lowest BCUT2D eigenvalue weighted by molar-refractivity contribution is 0.112. The minimum atomic E-state index is 0.424. The smallest absolute Gasteiger partial charge is 0.150 e. The molecule has 1 aliphatic heterocycles. The molecule has 0 aliphatic carbocycles. The van der Waals surface area contributed by atoms with Gasteiger partial charge in [0.05, 0.1) is 0 Å². The van der Waals surface area contributed by atoms with Crippen LogP contribution < -0.4 is 0 Å². The van der Waals surface area contributed by atoms with E-state index in [1.165, 1.54) is 44.3 Å². The van der Waals surface area contributed by atoms with Crippen molar-refractivity contribution in [3.05, 3.63) is 35.4 Å². The molecule has 1 unspecified atom stereocenters. The summed E-state index contributed by atoms with van der Waals surface area (Å²) in [5.74, 6) is 0. The molecule has 1 aliphatic rings. The van der Waals surface area contributed by atoms with Gasteiger partial charge in [0.1, 0.15) is 6.29 Å². The summed E-state index contributed by atoms with van der Waals surface area (Å²) in [7, 11) is 0. The van der Waals surface area contributed by atoms with E-state index in [2.05, 4.69) is 17.9 Å². The quantitative estimate of drug-likeness (QED) is 0.743. The van der Waals surface area contributed by atoms with Gasteiger partial charge in [-0.25, -0.2) is 0 Å². The van der Waals surface area contributed by atoms with E-state index in [9.17, 15) is 4.79 Å². The molecule has 0 radical (unpaired) electrons. The second-order valence-corrected chi connectivity index (χ2v) is 4.91. The number of nitrogens with zero attached hydrogens (tertiary/aromatic N) is 1. The Kier molecular flexibility index (Phi) is 4.32. The van der Waals surface area contributed by atoms with Gasteiger partial charge in [0.25, 0.3) is 0 Å². The van der Waals surface area contributed by atoms with Gasteiger partial charge in [-0.1, -0.05) is 31.0 Å². The van der Waals surface area contributed by atoms with Crippen molar-refractivity contribution in [3.8, 4) is 0 Å². The summed E-state index contributed by atoms with van der Waals surface area (Å²) < 4.78 is 0. The van der Waals surface area contributed by atoms with Crippen LogP contribution in [0.5, 0.6) is 0 Å². The minimum Gasteiger partial charge on any atom is -0.298 e. The Labute approximate surface area is 104 Å². The van der Waals surface area contributed by atoms with Crippen LogP contribution >= 0.6 is 0 Å². The Hall–Kier alpha value is -1.15. The van der Waals surface area contributed by atoms with Crippen molar-refractivity contribution < 1.29 is 4.79 Å². The summed E-state index contributed by atoms with van der Waals surface area (Å²) in [5, 5.41) is 0. The molecule has 17 heavy (non-hydrogen) atoms. The van der Waals surface area contributed by atoms with Gasteiger partial charge >= 0.3 is 0 Å². The first-order valence-corrected chi connectivity index (χ1v) is 6.60. The van der Waals surface area contributed by atoms with Gasteiger partial charge in [-0.3, -0.25) is 9.69 Å². The number of likely N-dealkylation sites (tertiary alicyclic amines) is 1. The molecule has 2 rings (SSSR count). The SMILES string of the molecule is CC(c1cccc(C=O)c1)N1CCCCCC1. The zero-order valence-electron chi connectivity index (χ0n) is 10.6. The third kappa shape index (κ3) is 3.16. The molecule has 1 aromatic rings. The fraction of sp³-hybridized carbons (Fsp3) is 0.533. The van der Waals surface area contributed by atoms with Crippen LogP contribution in [-0.4, -0.2) is 24.3 Å². The summed E-state index contributed by atoms with van der Waals surface area (Å²) in [5.41, 5.74) is 2.04. The molecule has 1 saturated heterocycles. The maximum absolute atomic E-state index is 10.8. The molecule has 0 spiro atoms. The molecule has 0 amide bonds. The molecule has 1 aromatic carbocycles. The molecule has 2 nitrogen and oxygen atoms in total. The Morgan fingerprint density at radius 3 is 2.53 bits per heavy atom. The molecule has 1 heterocycles. The van der Waals surface area contributed by atoms with Crippen LogP contribution in [0.25, 0.3) is 0 Å². The van der Waals surface area contributed by atoms with E-state index in [0.717, 1.165) is 11.8 Å². The number of carbonyl (C=O) groups is 1. The highest BCUT2D eigenvalue weighted by atomic mass is 16.1. The van der Waals surface area contributed by atoms with Crippen LogP contribution in [0.2, 0.25) is 0 Å². The summed E-state index contributed by atoms with van der Waals surface area (Å²) in [6, 6.07) is 8.41. The van der Waals surface area contributed by atoms with Crippen LogP contribution in [0.3, 0.4) is 0 Å². The van der Waals surface area contributed by atoms with Gasteiger partial charge in [0.15, 0.2) is 0 Å². The fourth-order valence-corrected chi connectivity index (χ4v) is 2.59. The first-order valence-electron chi connectivity index (χ1n) is 6.60. The van der Waals surface area contributed by atoms with E-state index >= 15 is 0 Å². The lowest BCUT2D eigenvalue weighted by Gasteiger charge is -2.28. The number of aldehydes is 1. The van der Waals surface area contributed by atoms with Gasteiger partial charge < -0.3 is 0 Å². The van der Waals surface area contributed by atoms with Crippen molar-refractivity contribution in [2.75, 3.05) is 13.1 Å². The Balaban J connectivity index is 2.11. The van der Waals surface area contributed by atoms with E-state index < -0.39 is 0 Å². The number of carbonyl (C=O) groups excluding carboxylic acids is 1. The summed E-state index contributed by atoms with van der Waals surface area (Å²) >= 11 is 0. The highest BCUT2D eigenvalue weighted by Crippen LogP contribution is 2.23. The van der Waals surface area contributed by atoms with Crippen molar-refractivity contribution in [2.45, 2.75) is 38.6 Å². The highest BCUT2D eigenvalue weighted by molar-refractivity contribution is 5.74. The van der Waals surface area contributed by atoms with Gasteiger partial charge in [0.2, 0.25) is 0 Å². The molecule has 1 fully saturated rings. The number of hydrogen-bond donors (Lipinski definition) is 0. The molecule has 2 heteroatoms. The van der Waals surface area contributed by atoms with E-state index in [1.54, 1.807) is 0 Å². The van der Waals surface area contributed by atoms with Crippen LogP contribution in [0, 0.1) is 0 Å². The molecule has 1 atom stereocenters. The molecular weight excluding hydrogens is 210 g/mol. The van der Waals surface area contributed by atoms with Gasteiger partial charge in [-0.2, -0.15) is 0 Å². The monoisotopic (exact) mass is 231 g/mol. The lowest BCUT2D eigenvalue weighted by atomic mass is 10.0. The number of hydrogen-bond acceptors (Lipinski definition) is 2. The second kappa shape index (κ2) is 5.97. The summed E-state index contributed by atoms with van der Waals surface area (Å²) in [4.78, 5) is 13.3. The maximum atomic E-state index is 10.8. The first kappa shape index (κ1) is 12.3. The molecule has 0 N–H and O–H groups in total. The summed E-state index contributed by atoms with van der Waals surface area (Å²) in [6.45, 7) is 4.62. The van der Waals surface area contributed by atoms with Crippen molar-refractivity contribution in [1.29, 1.82) is 0 Å². The van der Waals surface area contributed by atoms with Crippen LogP contribution in [0.4, 0.5) is 0 Å². The van der Waals surface area contributed by atoms with E-state index in [0.29, 0.717) is 6.04 Å². The normalized spacial score (nSPS) is 19.6. The van der Waals surface area contributed by atoms with Crippen LogP contribution in [0.15, 0.2) is 24.3 Å². The van der Waals surface area contributed by atoms with Crippen molar-refractivity contribution in [3.63, 3.8) is 0 Å². The molecule has 0 aromatic heterocycles. The number of benzene rings is 1. The van der Waals surface area contributed by atoms with Gasteiger partial charge in [0, 0.05) is 11.6 Å². The van der Waals surface area contributed by atoms with E-state index in [4.69, 9.17) is 0 Å². The average molecular weight is 231 g/mol. The summed E-state index contributed by atoms with van der Waals surface area (Å²) in [6.07, 6.45) is 6.25. The Morgan fingerprint density at radius 2 is 1.88 bits per heavy atom. The fourth-order valence-electron chi connectivity index (χ4n) is 2.59. The topological polar surface area (TPSA) is 20.3 Å². The maximum Gasteiger partial charge on any atom is 0.150 e. The van der Waals surface area contributed by atoms with Crippen LogP contribution in [-0.2, 0) is 0 Å². The predicted molar refractivity (Wildman–Crippen MR) is 70.3 cm³/mol. The van der Waals surface area contributed by atoms with Crippen molar-refractivity contribution in [1.82, 2.24) is 4.90 Å². The number of rotatable bonds is 3. The third-order valence-corrected chi connectivity index (χ3v) is 3.72. The Morgan fingerprint density at radius 1 is 1.18 bits per heavy atom. The van der Waals surface area contributed by atoms with Gasteiger partial charge in [-0.15, -0.1) is 0 Å². The van der Waals surface area contributed by atoms with Crippen LogP contribution in [0.1, 0.15) is 54.6 Å². The second-order valence-electron chi connectivity index (χ2n) is 4.91.